The number of rotatable bonds is 13. The zero-order valence-electron chi connectivity index (χ0n) is 17.4. The van der Waals surface area contributed by atoms with Gasteiger partial charge in [0, 0.05) is 18.3 Å². The Labute approximate surface area is 173 Å². The minimum atomic E-state index is -0.722. The molecule has 0 aliphatic rings. The second kappa shape index (κ2) is 12.6. The van der Waals surface area contributed by atoms with Crippen LogP contribution < -0.4 is 11.1 Å². The maximum atomic E-state index is 13.0. The molecule has 28 heavy (non-hydrogen) atoms. The van der Waals surface area contributed by atoms with E-state index < -0.39 is 17.9 Å². The van der Waals surface area contributed by atoms with Crippen molar-refractivity contribution in [2.45, 2.75) is 52.5 Å². The highest BCUT2D eigenvalue weighted by Gasteiger charge is 2.29. The van der Waals surface area contributed by atoms with E-state index >= 15 is 0 Å². The number of carbonyl (C=O) groups excluding carboxylic acids is 3. The summed E-state index contributed by atoms with van der Waals surface area (Å²) in [6.45, 7) is 5.75. The average molecular weight is 407 g/mol. The van der Waals surface area contributed by atoms with Crippen molar-refractivity contribution in [2.24, 2.45) is 23.5 Å². The van der Waals surface area contributed by atoms with E-state index in [1.165, 1.54) is 0 Å². The number of thioether (sulfide) groups is 1. The fraction of sp³-hybridized carbons (Fsp3) is 0.591. The van der Waals surface area contributed by atoms with Gasteiger partial charge in [0.15, 0.2) is 0 Å². The number of hydrogen-bond donors (Lipinski definition) is 2. The highest BCUT2D eigenvalue weighted by atomic mass is 32.2. The van der Waals surface area contributed by atoms with Gasteiger partial charge < -0.3 is 11.1 Å². The summed E-state index contributed by atoms with van der Waals surface area (Å²) in [4.78, 5) is 37.5. The van der Waals surface area contributed by atoms with Crippen LogP contribution in [0.2, 0.25) is 0 Å². The second-order valence-electron chi connectivity index (χ2n) is 7.51. The molecule has 0 aromatic heterocycles. The van der Waals surface area contributed by atoms with Gasteiger partial charge in [-0.3, -0.25) is 14.4 Å². The normalized spacial score (nSPS) is 15.3. The summed E-state index contributed by atoms with van der Waals surface area (Å²) in [6.07, 6.45) is 4.17. The standard InChI is InChI=1S/C22H34N2O3S/c1-5-15(2)20(21(23)26)24-22(27)18(13-17-9-7-6-8-10-17)14-19(25)16(3)11-12-28-4/h6-10,15-16,18,20H,5,11-14H2,1-4H3,(H2,23,26)(H,24,27)/t15-,16-,18+,20-/m0/s1. The molecule has 1 aromatic rings. The molecule has 0 heterocycles. The zero-order chi connectivity index (χ0) is 21.1. The zero-order valence-corrected chi connectivity index (χ0v) is 18.3. The molecule has 3 N–H and O–H groups in total. The molecule has 0 radical (unpaired) electrons. The molecular formula is C22H34N2O3S. The molecule has 5 nitrogen and oxygen atoms in total. The van der Waals surface area contributed by atoms with Crippen molar-refractivity contribution in [2.75, 3.05) is 12.0 Å². The van der Waals surface area contributed by atoms with Crippen LogP contribution in [-0.2, 0) is 20.8 Å². The molecule has 156 valence electrons. The minimum Gasteiger partial charge on any atom is -0.368 e. The molecule has 6 heteroatoms. The van der Waals surface area contributed by atoms with Crippen LogP contribution in [0.3, 0.4) is 0 Å². The third-order valence-corrected chi connectivity index (χ3v) is 5.91. The molecule has 0 saturated heterocycles. The van der Waals surface area contributed by atoms with Crippen molar-refractivity contribution in [3.63, 3.8) is 0 Å². The minimum absolute atomic E-state index is 0.0602. The molecule has 0 fully saturated rings. The van der Waals surface area contributed by atoms with E-state index in [9.17, 15) is 14.4 Å². The first-order valence-corrected chi connectivity index (χ1v) is 11.3. The van der Waals surface area contributed by atoms with E-state index in [0.29, 0.717) is 6.42 Å². The molecule has 1 aromatic carbocycles. The Balaban J connectivity index is 2.93. The Bertz CT molecular complexity index is 636. The lowest BCUT2D eigenvalue weighted by molar-refractivity contribution is -0.133. The Morgan fingerprint density at radius 1 is 1.14 bits per heavy atom. The Kier molecular flexibility index (Phi) is 10.9. The molecule has 2 amide bonds. The lowest BCUT2D eigenvalue weighted by Gasteiger charge is -2.25. The molecule has 0 aliphatic carbocycles. The van der Waals surface area contributed by atoms with Crippen LogP contribution in [0.1, 0.15) is 45.6 Å². The van der Waals surface area contributed by atoms with Gasteiger partial charge in [-0.25, -0.2) is 0 Å². The first-order valence-electron chi connectivity index (χ1n) is 9.95. The molecule has 0 bridgehead atoms. The third-order valence-electron chi connectivity index (χ3n) is 5.27. The van der Waals surface area contributed by atoms with E-state index in [1.54, 1.807) is 11.8 Å². The van der Waals surface area contributed by atoms with Gasteiger partial charge in [-0.1, -0.05) is 57.5 Å². The van der Waals surface area contributed by atoms with Crippen LogP contribution in [-0.4, -0.2) is 35.6 Å². The number of ketones is 1. The van der Waals surface area contributed by atoms with Gasteiger partial charge in [-0.15, -0.1) is 0 Å². The van der Waals surface area contributed by atoms with Gasteiger partial charge in [0.05, 0.1) is 0 Å². The Morgan fingerprint density at radius 2 is 1.79 bits per heavy atom. The Morgan fingerprint density at radius 3 is 2.32 bits per heavy atom. The van der Waals surface area contributed by atoms with E-state index in [2.05, 4.69) is 5.32 Å². The van der Waals surface area contributed by atoms with E-state index in [-0.39, 0.29) is 29.9 Å². The number of nitrogens with two attached hydrogens (primary N) is 1. The Hall–Kier alpha value is -1.82. The summed E-state index contributed by atoms with van der Waals surface area (Å²) in [6, 6.07) is 8.92. The smallest absolute Gasteiger partial charge is 0.240 e. The summed E-state index contributed by atoms with van der Waals surface area (Å²) < 4.78 is 0. The molecule has 1 rings (SSSR count). The number of Topliss-reactive ketones (excluding diaryl/α,β-unsaturated/α-hetero) is 1. The van der Waals surface area contributed by atoms with Crippen LogP contribution in [0.4, 0.5) is 0 Å². The van der Waals surface area contributed by atoms with Crippen LogP contribution >= 0.6 is 11.8 Å². The maximum Gasteiger partial charge on any atom is 0.240 e. The molecule has 0 spiro atoms. The molecular weight excluding hydrogens is 372 g/mol. The highest BCUT2D eigenvalue weighted by Crippen LogP contribution is 2.19. The van der Waals surface area contributed by atoms with Crippen LogP contribution in [0.5, 0.6) is 0 Å². The lowest BCUT2D eigenvalue weighted by Crippen LogP contribution is -2.50. The van der Waals surface area contributed by atoms with Crippen molar-refractivity contribution in [3.8, 4) is 0 Å². The number of carbonyl (C=O) groups is 3. The lowest BCUT2D eigenvalue weighted by atomic mass is 9.88. The third kappa shape index (κ3) is 8.05. The molecule has 0 aliphatic heterocycles. The van der Waals surface area contributed by atoms with Gasteiger partial charge in [0.2, 0.25) is 11.8 Å². The van der Waals surface area contributed by atoms with Gasteiger partial charge in [-0.05, 0) is 36.3 Å². The first kappa shape index (κ1) is 24.2. The van der Waals surface area contributed by atoms with Crippen molar-refractivity contribution >= 4 is 29.4 Å². The summed E-state index contributed by atoms with van der Waals surface area (Å²) in [5.41, 5.74) is 6.49. The van der Waals surface area contributed by atoms with Crippen LogP contribution in [0.15, 0.2) is 30.3 Å². The van der Waals surface area contributed by atoms with Crippen molar-refractivity contribution in [1.82, 2.24) is 5.32 Å². The number of nitrogens with one attached hydrogen (secondary N) is 1. The number of benzene rings is 1. The average Bonchev–Trinajstić information content (AvgIpc) is 2.69. The van der Waals surface area contributed by atoms with Crippen molar-refractivity contribution in [1.29, 1.82) is 0 Å². The van der Waals surface area contributed by atoms with Crippen LogP contribution in [0, 0.1) is 17.8 Å². The maximum absolute atomic E-state index is 13.0. The van der Waals surface area contributed by atoms with Crippen molar-refractivity contribution in [3.05, 3.63) is 35.9 Å². The number of primary amides is 1. The molecule has 4 atom stereocenters. The fourth-order valence-corrected chi connectivity index (χ4v) is 3.65. The van der Waals surface area contributed by atoms with Crippen LogP contribution in [0.25, 0.3) is 0 Å². The van der Waals surface area contributed by atoms with E-state index in [0.717, 1.165) is 24.2 Å². The fourth-order valence-electron chi connectivity index (χ4n) is 3.06. The van der Waals surface area contributed by atoms with Gasteiger partial charge in [0.1, 0.15) is 11.8 Å². The molecule has 0 unspecified atom stereocenters. The van der Waals surface area contributed by atoms with Crippen molar-refractivity contribution < 1.29 is 14.4 Å². The second-order valence-corrected chi connectivity index (χ2v) is 8.50. The summed E-state index contributed by atoms with van der Waals surface area (Å²) in [7, 11) is 0. The highest BCUT2D eigenvalue weighted by molar-refractivity contribution is 7.98. The summed E-state index contributed by atoms with van der Waals surface area (Å²) in [5, 5.41) is 2.81. The number of hydrogen-bond acceptors (Lipinski definition) is 4. The predicted octanol–water partition coefficient (Wildman–Crippen LogP) is 3.21. The largest absolute Gasteiger partial charge is 0.368 e. The predicted molar refractivity (Wildman–Crippen MR) is 116 cm³/mol. The quantitative estimate of drug-likeness (QED) is 0.526. The topological polar surface area (TPSA) is 89.3 Å². The molecule has 0 saturated carbocycles. The SMILES string of the molecule is CC[C@H](C)[C@H](NC(=O)[C@@H](CC(=O)[C@@H](C)CCSC)Cc1ccccc1)C(N)=O. The summed E-state index contributed by atoms with van der Waals surface area (Å²) >= 11 is 1.71. The first-order chi connectivity index (χ1) is 13.3. The van der Waals surface area contributed by atoms with Gasteiger partial charge in [-0.2, -0.15) is 11.8 Å². The summed E-state index contributed by atoms with van der Waals surface area (Å²) in [5.74, 6) is -0.476. The van der Waals surface area contributed by atoms with E-state index in [4.69, 9.17) is 5.73 Å². The van der Waals surface area contributed by atoms with Gasteiger partial charge in [0.25, 0.3) is 0 Å². The van der Waals surface area contributed by atoms with Gasteiger partial charge >= 0.3 is 0 Å². The van der Waals surface area contributed by atoms with E-state index in [1.807, 2.05) is 57.4 Å². The monoisotopic (exact) mass is 406 g/mol. The number of amides is 2.